The molecule has 100 valence electrons. The maximum atomic E-state index is 5.91. The van der Waals surface area contributed by atoms with E-state index in [2.05, 4.69) is 65.4 Å². The minimum absolute atomic E-state index is 0.277. The molecule has 0 bridgehead atoms. The van der Waals surface area contributed by atoms with Crippen LogP contribution in [0.5, 0.6) is 0 Å². The van der Waals surface area contributed by atoms with Crippen molar-refractivity contribution >= 4 is 27.5 Å². The molecule has 0 heterocycles. The van der Waals surface area contributed by atoms with Crippen LogP contribution in [0.3, 0.4) is 0 Å². The van der Waals surface area contributed by atoms with Gasteiger partial charge < -0.3 is 5.32 Å². The van der Waals surface area contributed by atoms with Gasteiger partial charge in [0.1, 0.15) is 0 Å². The van der Waals surface area contributed by atoms with Crippen LogP contribution in [0.25, 0.3) is 0 Å². The Morgan fingerprint density at radius 1 is 0.947 bits per heavy atom. The summed E-state index contributed by atoms with van der Waals surface area (Å²) in [5, 5.41) is 4.37. The fourth-order valence-corrected chi connectivity index (χ4v) is 2.89. The van der Waals surface area contributed by atoms with Gasteiger partial charge in [0, 0.05) is 21.6 Å². The van der Waals surface area contributed by atoms with Crippen molar-refractivity contribution in [1.29, 1.82) is 0 Å². The van der Waals surface area contributed by atoms with Crippen molar-refractivity contribution in [2.45, 2.75) is 25.9 Å². The summed E-state index contributed by atoms with van der Waals surface area (Å²) in [6.07, 6.45) is 0. The van der Waals surface area contributed by atoms with Crippen molar-refractivity contribution in [2.75, 3.05) is 0 Å². The Balaban J connectivity index is 2.08. The summed E-state index contributed by atoms with van der Waals surface area (Å²) >= 11 is 9.51. The van der Waals surface area contributed by atoms with Gasteiger partial charge in [-0.1, -0.05) is 57.9 Å². The van der Waals surface area contributed by atoms with Gasteiger partial charge in [-0.15, -0.1) is 0 Å². The highest BCUT2D eigenvalue weighted by molar-refractivity contribution is 9.10. The smallest absolute Gasteiger partial charge is 0.0406 e. The third-order valence-electron chi connectivity index (χ3n) is 3.24. The third kappa shape index (κ3) is 3.82. The Labute approximate surface area is 128 Å². The number of hydrogen-bond acceptors (Lipinski definition) is 1. The molecule has 2 atom stereocenters. The van der Waals surface area contributed by atoms with E-state index in [4.69, 9.17) is 11.6 Å². The predicted molar refractivity (Wildman–Crippen MR) is 85.6 cm³/mol. The molecule has 0 spiro atoms. The second-order valence-electron chi connectivity index (χ2n) is 4.68. The largest absolute Gasteiger partial charge is 0.304 e. The van der Waals surface area contributed by atoms with E-state index < -0.39 is 0 Å². The molecule has 2 aromatic carbocycles. The van der Waals surface area contributed by atoms with Crippen LogP contribution in [-0.2, 0) is 0 Å². The average molecular weight is 339 g/mol. The van der Waals surface area contributed by atoms with E-state index in [9.17, 15) is 0 Å². The van der Waals surface area contributed by atoms with Gasteiger partial charge in [-0.2, -0.15) is 0 Å². The highest BCUT2D eigenvalue weighted by Crippen LogP contribution is 2.25. The molecule has 0 saturated heterocycles. The SMILES string of the molecule is CC(N[C@@H](C)c1ccc(Cl)cc1)c1ccccc1Br. The fraction of sp³-hybridized carbons (Fsp3) is 0.250. The van der Waals surface area contributed by atoms with Crippen LogP contribution in [0.1, 0.15) is 37.1 Å². The number of rotatable bonds is 4. The van der Waals surface area contributed by atoms with Gasteiger partial charge in [-0.3, -0.25) is 0 Å². The van der Waals surface area contributed by atoms with Crippen molar-refractivity contribution in [1.82, 2.24) is 5.32 Å². The summed E-state index contributed by atoms with van der Waals surface area (Å²) in [4.78, 5) is 0. The van der Waals surface area contributed by atoms with Gasteiger partial charge in [0.05, 0.1) is 0 Å². The molecule has 0 aromatic heterocycles. The first-order valence-corrected chi connectivity index (χ1v) is 7.51. The normalized spacial score (nSPS) is 14.1. The Kier molecular flexibility index (Phi) is 5.03. The minimum Gasteiger partial charge on any atom is -0.304 e. The van der Waals surface area contributed by atoms with Crippen LogP contribution in [0.15, 0.2) is 53.0 Å². The summed E-state index contributed by atoms with van der Waals surface area (Å²) < 4.78 is 1.14. The molecule has 0 amide bonds. The van der Waals surface area contributed by atoms with Crippen molar-refractivity contribution < 1.29 is 0 Å². The molecule has 19 heavy (non-hydrogen) atoms. The van der Waals surface area contributed by atoms with Crippen molar-refractivity contribution in [2.24, 2.45) is 0 Å². The molecule has 0 radical (unpaired) electrons. The molecule has 3 heteroatoms. The van der Waals surface area contributed by atoms with Gasteiger partial charge in [0.15, 0.2) is 0 Å². The topological polar surface area (TPSA) is 12.0 Å². The van der Waals surface area contributed by atoms with Crippen LogP contribution in [0, 0.1) is 0 Å². The lowest BCUT2D eigenvalue weighted by Gasteiger charge is -2.21. The van der Waals surface area contributed by atoms with Gasteiger partial charge in [0.2, 0.25) is 0 Å². The van der Waals surface area contributed by atoms with E-state index in [1.807, 2.05) is 18.2 Å². The maximum absolute atomic E-state index is 5.91. The van der Waals surface area contributed by atoms with Crippen LogP contribution >= 0.6 is 27.5 Å². The number of halogens is 2. The second kappa shape index (κ2) is 6.56. The van der Waals surface area contributed by atoms with E-state index in [1.165, 1.54) is 11.1 Å². The molecule has 1 N–H and O–H groups in total. The van der Waals surface area contributed by atoms with Gasteiger partial charge in [-0.05, 0) is 43.2 Å². The molecule has 0 aliphatic heterocycles. The Morgan fingerprint density at radius 3 is 2.21 bits per heavy atom. The van der Waals surface area contributed by atoms with Gasteiger partial charge in [0.25, 0.3) is 0 Å². The standard InChI is InChI=1S/C16H17BrClN/c1-11(13-7-9-14(18)10-8-13)19-12(2)15-5-3-4-6-16(15)17/h3-12,19H,1-2H3/t11-,12?/m0/s1. The Morgan fingerprint density at radius 2 is 1.58 bits per heavy atom. The maximum Gasteiger partial charge on any atom is 0.0406 e. The molecule has 0 aliphatic carbocycles. The van der Waals surface area contributed by atoms with Crippen molar-refractivity contribution in [3.63, 3.8) is 0 Å². The molecule has 1 unspecified atom stereocenters. The van der Waals surface area contributed by atoms with Crippen LogP contribution in [0.2, 0.25) is 5.02 Å². The van der Waals surface area contributed by atoms with E-state index in [1.54, 1.807) is 0 Å². The summed E-state index contributed by atoms with van der Waals surface area (Å²) in [5.41, 5.74) is 2.51. The first-order chi connectivity index (χ1) is 9.08. The van der Waals surface area contributed by atoms with E-state index >= 15 is 0 Å². The molecular weight excluding hydrogens is 322 g/mol. The first-order valence-electron chi connectivity index (χ1n) is 6.34. The van der Waals surface area contributed by atoms with Crippen LogP contribution < -0.4 is 5.32 Å². The van der Waals surface area contributed by atoms with Crippen molar-refractivity contribution in [3.8, 4) is 0 Å². The van der Waals surface area contributed by atoms with Crippen LogP contribution in [-0.4, -0.2) is 0 Å². The number of nitrogens with one attached hydrogen (secondary N) is 1. The quantitative estimate of drug-likeness (QED) is 0.774. The highest BCUT2D eigenvalue weighted by Gasteiger charge is 2.12. The number of hydrogen-bond donors (Lipinski definition) is 1. The van der Waals surface area contributed by atoms with E-state index in [-0.39, 0.29) is 12.1 Å². The molecular formula is C16H17BrClN. The zero-order chi connectivity index (χ0) is 13.8. The molecule has 2 rings (SSSR count). The summed E-state index contributed by atoms with van der Waals surface area (Å²) in [6, 6.07) is 16.8. The predicted octanol–water partition coefficient (Wildman–Crippen LogP) is 5.51. The van der Waals surface area contributed by atoms with Crippen molar-refractivity contribution in [3.05, 3.63) is 69.2 Å². The van der Waals surface area contributed by atoms with Gasteiger partial charge in [-0.25, -0.2) is 0 Å². The lowest BCUT2D eigenvalue weighted by atomic mass is 10.0. The minimum atomic E-state index is 0.277. The average Bonchev–Trinajstić information content (AvgIpc) is 2.39. The monoisotopic (exact) mass is 337 g/mol. The zero-order valence-electron chi connectivity index (χ0n) is 11.0. The molecule has 0 fully saturated rings. The van der Waals surface area contributed by atoms with E-state index in [0.29, 0.717) is 0 Å². The lowest BCUT2D eigenvalue weighted by Crippen LogP contribution is -2.22. The highest BCUT2D eigenvalue weighted by atomic mass is 79.9. The molecule has 2 aromatic rings. The lowest BCUT2D eigenvalue weighted by molar-refractivity contribution is 0.493. The summed E-state index contributed by atoms with van der Waals surface area (Å²) in [6.45, 7) is 4.34. The Bertz CT molecular complexity index is 539. The number of benzene rings is 2. The second-order valence-corrected chi connectivity index (χ2v) is 5.97. The first kappa shape index (κ1) is 14.6. The van der Waals surface area contributed by atoms with Gasteiger partial charge >= 0.3 is 0 Å². The Hall–Kier alpha value is -0.830. The molecule has 1 nitrogen and oxygen atoms in total. The fourth-order valence-electron chi connectivity index (χ4n) is 2.14. The third-order valence-corrected chi connectivity index (χ3v) is 4.22. The summed E-state index contributed by atoms with van der Waals surface area (Å²) in [7, 11) is 0. The zero-order valence-corrected chi connectivity index (χ0v) is 13.4. The van der Waals surface area contributed by atoms with Crippen LogP contribution in [0.4, 0.5) is 0 Å². The molecule has 0 aliphatic rings. The summed E-state index contributed by atoms with van der Waals surface area (Å²) in [5.74, 6) is 0. The molecule has 0 saturated carbocycles. The van der Waals surface area contributed by atoms with E-state index in [0.717, 1.165) is 9.50 Å².